The van der Waals surface area contributed by atoms with Gasteiger partial charge in [0, 0.05) is 24.3 Å². The maximum atomic E-state index is 12.9. The monoisotopic (exact) mass is 363 g/mol. The number of halogens is 1. The molecule has 0 aliphatic carbocycles. The Balaban J connectivity index is 1.60. The van der Waals surface area contributed by atoms with Crippen LogP contribution in [-0.2, 0) is 16.4 Å². The summed E-state index contributed by atoms with van der Waals surface area (Å²) in [5.74, 6) is 0.109. The molecule has 1 amide bonds. The predicted molar refractivity (Wildman–Crippen MR) is 92.5 cm³/mol. The third kappa shape index (κ3) is 4.76. The summed E-state index contributed by atoms with van der Waals surface area (Å²) in [5, 5.41) is 5.82. The Morgan fingerprint density at radius 2 is 2.00 bits per heavy atom. The first-order chi connectivity index (χ1) is 11.9. The molecule has 3 rings (SSSR count). The van der Waals surface area contributed by atoms with E-state index in [2.05, 4.69) is 15.6 Å². The summed E-state index contributed by atoms with van der Waals surface area (Å²) in [6.07, 6.45) is 2.03. The van der Waals surface area contributed by atoms with Gasteiger partial charge >= 0.3 is 0 Å². The van der Waals surface area contributed by atoms with Gasteiger partial charge in [-0.1, -0.05) is 12.1 Å². The van der Waals surface area contributed by atoms with Crippen molar-refractivity contribution in [3.05, 3.63) is 59.5 Å². The van der Waals surface area contributed by atoms with E-state index in [1.54, 1.807) is 24.3 Å². The summed E-state index contributed by atoms with van der Waals surface area (Å²) in [4.78, 5) is 16.4. The van der Waals surface area contributed by atoms with E-state index in [-0.39, 0.29) is 35.8 Å². The van der Waals surface area contributed by atoms with Crippen LogP contribution in [0.5, 0.6) is 0 Å². The van der Waals surface area contributed by atoms with Gasteiger partial charge in [0.2, 0.25) is 0 Å². The quantitative estimate of drug-likeness (QED) is 0.845. The van der Waals surface area contributed by atoms with Gasteiger partial charge in [-0.3, -0.25) is 4.79 Å². The van der Waals surface area contributed by atoms with E-state index >= 15 is 0 Å². The van der Waals surface area contributed by atoms with Gasteiger partial charge in [0.1, 0.15) is 11.6 Å². The summed E-state index contributed by atoms with van der Waals surface area (Å²) in [5.41, 5.74) is 1.21. The van der Waals surface area contributed by atoms with Crippen molar-refractivity contribution in [1.29, 1.82) is 0 Å². The summed E-state index contributed by atoms with van der Waals surface area (Å²) in [6.45, 7) is 0.283. The first-order valence-corrected chi connectivity index (χ1v) is 9.69. The molecule has 2 N–H and O–H groups in total. The third-order valence-electron chi connectivity index (χ3n) is 3.97. The molecule has 1 aromatic carbocycles. The number of nitrogens with zero attached hydrogens (tertiary/aromatic N) is 1. The fourth-order valence-corrected chi connectivity index (χ4v) is 4.33. The van der Waals surface area contributed by atoms with Gasteiger partial charge in [0.25, 0.3) is 5.91 Å². The molecule has 6 nitrogen and oxygen atoms in total. The van der Waals surface area contributed by atoms with Crippen molar-refractivity contribution in [1.82, 2.24) is 10.3 Å². The number of anilines is 1. The molecule has 1 unspecified atom stereocenters. The van der Waals surface area contributed by atoms with Crippen molar-refractivity contribution < 1.29 is 17.6 Å². The maximum Gasteiger partial charge on any atom is 0.251 e. The van der Waals surface area contributed by atoms with Crippen molar-refractivity contribution in [2.45, 2.75) is 19.0 Å². The van der Waals surface area contributed by atoms with Crippen LogP contribution in [0.1, 0.15) is 22.3 Å². The highest BCUT2D eigenvalue weighted by molar-refractivity contribution is 7.91. The number of sulfone groups is 1. The molecular formula is C17H18FN3O3S. The fraction of sp³-hybridized carbons (Fsp3) is 0.294. The van der Waals surface area contributed by atoms with Crippen LogP contribution >= 0.6 is 0 Å². The molecule has 1 aliphatic rings. The largest absolute Gasteiger partial charge is 0.366 e. The summed E-state index contributed by atoms with van der Waals surface area (Å²) in [7, 11) is -2.98. The number of hydrogen-bond donors (Lipinski definition) is 2. The second-order valence-corrected chi connectivity index (χ2v) is 8.21. The number of hydrogen-bond acceptors (Lipinski definition) is 5. The molecule has 0 bridgehead atoms. The standard InChI is InChI=1S/C17H18FN3O3S/c18-14-3-1-12(2-4-14)10-20-17(22)13-5-7-19-16(9-13)21-15-6-8-25(23,24)11-15/h1-5,7,9,15H,6,8,10-11H2,(H,19,21)(H,20,22). The molecule has 0 spiro atoms. The first-order valence-electron chi connectivity index (χ1n) is 7.87. The highest BCUT2D eigenvalue weighted by Crippen LogP contribution is 2.17. The van der Waals surface area contributed by atoms with Gasteiger partial charge in [0.15, 0.2) is 9.84 Å². The molecule has 1 aromatic heterocycles. The van der Waals surface area contributed by atoms with Crippen molar-refractivity contribution in [3.8, 4) is 0 Å². The number of amides is 1. The average Bonchev–Trinajstić information content (AvgIpc) is 2.93. The second kappa shape index (κ2) is 7.18. The number of benzene rings is 1. The van der Waals surface area contributed by atoms with Crippen molar-refractivity contribution in [2.75, 3.05) is 16.8 Å². The molecule has 132 valence electrons. The van der Waals surface area contributed by atoms with E-state index in [1.165, 1.54) is 18.3 Å². The number of nitrogens with one attached hydrogen (secondary N) is 2. The van der Waals surface area contributed by atoms with E-state index in [9.17, 15) is 17.6 Å². The topological polar surface area (TPSA) is 88.2 Å². The van der Waals surface area contributed by atoms with Crippen LogP contribution in [0.15, 0.2) is 42.6 Å². The Hall–Kier alpha value is -2.48. The van der Waals surface area contributed by atoms with Crippen molar-refractivity contribution >= 4 is 21.6 Å². The summed E-state index contributed by atoms with van der Waals surface area (Å²) < 4.78 is 35.9. The van der Waals surface area contributed by atoms with Gasteiger partial charge in [-0.25, -0.2) is 17.8 Å². The summed E-state index contributed by atoms with van der Waals surface area (Å²) >= 11 is 0. The smallest absolute Gasteiger partial charge is 0.251 e. The van der Waals surface area contributed by atoms with E-state index in [0.717, 1.165) is 5.56 Å². The molecule has 0 radical (unpaired) electrons. The SMILES string of the molecule is O=C(NCc1ccc(F)cc1)c1ccnc(NC2CCS(=O)(=O)C2)c1. The Bertz CT molecular complexity index is 869. The Labute approximate surface area is 145 Å². The highest BCUT2D eigenvalue weighted by atomic mass is 32.2. The molecule has 1 atom stereocenters. The number of aromatic nitrogens is 1. The van der Waals surface area contributed by atoms with Crippen LogP contribution in [0, 0.1) is 5.82 Å². The van der Waals surface area contributed by atoms with Crippen LogP contribution in [0.2, 0.25) is 0 Å². The first kappa shape index (κ1) is 17.3. The molecule has 1 fully saturated rings. The van der Waals surface area contributed by atoms with E-state index < -0.39 is 9.84 Å². The number of carbonyl (C=O) groups is 1. The van der Waals surface area contributed by atoms with E-state index in [4.69, 9.17) is 0 Å². The number of pyridine rings is 1. The van der Waals surface area contributed by atoms with Crippen LogP contribution < -0.4 is 10.6 Å². The molecule has 25 heavy (non-hydrogen) atoms. The fourth-order valence-electron chi connectivity index (χ4n) is 2.66. The second-order valence-electron chi connectivity index (χ2n) is 5.98. The molecule has 8 heteroatoms. The lowest BCUT2D eigenvalue weighted by Gasteiger charge is -2.12. The minimum absolute atomic E-state index is 0.0790. The van der Waals surface area contributed by atoms with Gasteiger partial charge in [-0.2, -0.15) is 0 Å². The molecular weight excluding hydrogens is 345 g/mol. The number of carbonyl (C=O) groups excluding carboxylic acids is 1. The van der Waals surface area contributed by atoms with Crippen molar-refractivity contribution in [3.63, 3.8) is 0 Å². The minimum Gasteiger partial charge on any atom is -0.366 e. The zero-order valence-corrected chi connectivity index (χ0v) is 14.2. The van der Waals surface area contributed by atoms with Crippen LogP contribution in [0.3, 0.4) is 0 Å². The normalized spacial score (nSPS) is 18.7. The highest BCUT2D eigenvalue weighted by Gasteiger charge is 2.27. The zero-order chi connectivity index (χ0) is 17.9. The Morgan fingerprint density at radius 1 is 1.24 bits per heavy atom. The van der Waals surface area contributed by atoms with Gasteiger partial charge < -0.3 is 10.6 Å². The predicted octanol–water partition coefficient (Wildman–Crippen LogP) is 1.75. The van der Waals surface area contributed by atoms with Gasteiger partial charge in [-0.05, 0) is 36.2 Å². The lowest BCUT2D eigenvalue weighted by molar-refractivity contribution is 0.0951. The van der Waals surface area contributed by atoms with Gasteiger partial charge in [0.05, 0.1) is 11.5 Å². The van der Waals surface area contributed by atoms with Crippen LogP contribution in [0.25, 0.3) is 0 Å². The van der Waals surface area contributed by atoms with Crippen LogP contribution in [-0.4, -0.2) is 36.9 Å². The Morgan fingerprint density at radius 3 is 2.68 bits per heavy atom. The lowest BCUT2D eigenvalue weighted by atomic mass is 10.2. The minimum atomic E-state index is -2.98. The van der Waals surface area contributed by atoms with E-state index in [1.807, 2.05) is 0 Å². The molecule has 2 aromatic rings. The molecule has 1 saturated heterocycles. The summed E-state index contributed by atoms with van der Waals surface area (Å²) in [6, 6.07) is 8.87. The number of rotatable bonds is 5. The molecule has 1 aliphatic heterocycles. The van der Waals surface area contributed by atoms with Crippen molar-refractivity contribution in [2.24, 2.45) is 0 Å². The van der Waals surface area contributed by atoms with E-state index in [0.29, 0.717) is 17.8 Å². The van der Waals surface area contributed by atoms with Gasteiger partial charge in [-0.15, -0.1) is 0 Å². The molecule has 0 saturated carbocycles. The lowest BCUT2D eigenvalue weighted by Crippen LogP contribution is -2.24. The average molecular weight is 363 g/mol. The maximum absolute atomic E-state index is 12.9. The zero-order valence-electron chi connectivity index (χ0n) is 13.4. The Kier molecular flexibility index (Phi) is 4.98. The van der Waals surface area contributed by atoms with Crippen LogP contribution in [0.4, 0.5) is 10.2 Å². The molecule has 2 heterocycles. The third-order valence-corrected chi connectivity index (χ3v) is 5.74.